The zero-order chi connectivity index (χ0) is 15.3. The van der Waals surface area contributed by atoms with Gasteiger partial charge in [0.1, 0.15) is 17.0 Å². The van der Waals surface area contributed by atoms with Crippen LogP contribution in [0, 0.1) is 5.82 Å². The molecule has 4 heteroatoms. The van der Waals surface area contributed by atoms with E-state index in [9.17, 15) is 9.18 Å². The topological polar surface area (TPSA) is 35.5 Å². The van der Waals surface area contributed by atoms with Gasteiger partial charge in [0.25, 0.3) is 0 Å². The highest BCUT2D eigenvalue weighted by atomic mass is 19.1. The molecule has 0 spiro atoms. The van der Waals surface area contributed by atoms with Crippen LogP contribution < -0.4 is 0 Å². The number of allylic oxidation sites excluding steroid dienone is 3. The predicted octanol–water partition coefficient (Wildman–Crippen LogP) is 3.28. The van der Waals surface area contributed by atoms with Crippen molar-refractivity contribution in [3.8, 4) is 0 Å². The van der Waals surface area contributed by atoms with Crippen LogP contribution in [0.5, 0.6) is 0 Å². The van der Waals surface area contributed by atoms with Crippen molar-refractivity contribution in [3.63, 3.8) is 0 Å². The van der Waals surface area contributed by atoms with Crippen molar-refractivity contribution in [3.05, 3.63) is 71.8 Å². The lowest BCUT2D eigenvalue weighted by molar-refractivity contribution is -0.146. The summed E-state index contributed by atoms with van der Waals surface area (Å²) in [6.45, 7) is 1.94. The van der Waals surface area contributed by atoms with Crippen molar-refractivity contribution in [2.75, 3.05) is 13.7 Å². The third-order valence-electron chi connectivity index (χ3n) is 3.30. The summed E-state index contributed by atoms with van der Waals surface area (Å²) in [5, 5.41) is 0. The van der Waals surface area contributed by atoms with Crippen molar-refractivity contribution < 1.29 is 18.7 Å². The summed E-state index contributed by atoms with van der Waals surface area (Å²) in [5.74, 6) is -0.400. The molecule has 1 aliphatic rings. The Morgan fingerprint density at radius 3 is 2.71 bits per heavy atom. The zero-order valence-electron chi connectivity index (χ0n) is 12.0. The van der Waals surface area contributed by atoms with E-state index in [1.807, 2.05) is 0 Å². The molecule has 0 aromatic heterocycles. The minimum Gasteiger partial charge on any atom is -0.497 e. The molecule has 1 aromatic carbocycles. The van der Waals surface area contributed by atoms with E-state index in [4.69, 9.17) is 9.47 Å². The van der Waals surface area contributed by atoms with Crippen molar-refractivity contribution >= 4 is 5.97 Å². The number of esters is 1. The standard InChI is InChI=1S/C17H17FO3/c1-3-21-16(19)17(14-8-4-5-9-15(14)18)11-6-7-13(20-2)10-12-17/h4-12H,3H2,1-2H3. The number of methoxy groups -OCH3 is 1. The summed E-state index contributed by atoms with van der Waals surface area (Å²) in [6, 6.07) is 6.18. The van der Waals surface area contributed by atoms with Gasteiger partial charge in [0.2, 0.25) is 0 Å². The molecule has 0 saturated carbocycles. The van der Waals surface area contributed by atoms with Crippen LogP contribution in [0.4, 0.5) is 4.39 Å². The van der Waals surface area contributed by atoms with E-state index in [1.165, 1.54) is 13.2 Å². The van der Waals surface area contributed by atoms with Crippen LogP contribution in [-0.4, -0.2) is 19.7 Å². The van der Waals surface area contributed by atoms with E-state index in [-0.39, 0.29) is 12.2 Å². The minimum absolute atomic E-state index is 0.223. The van der Waals surface area contributed by atoms with Crippen LogP contribution in [-0.2, 0) is 19.7 Å². The second-order valence-corrected chi connectivity index (χ2v) is 4.53. The Morgan fingerprint density at radius 1 is 1.29 bits per heavy atom. The van der Waals surface area contributed by atoms with E-state index in [0.29, 0.717) is 5.76 Å². The van der Waals surface area contributed by atoms with E-state index in [1.54, 1.807) is 55.5 Å². The number of benzene rings is 1. The van der Waals surface area contributed by atoms with Crippen LogP contribution in [0.15, 0.2) is 60.4 Å². The molecule has 3 nitrogen and oxygen atoms in total. The highest BCUT2D eigenvalue weighted by Gasteiger charge is 2.39. The maximum absolute atomic E-state index is 14.2. The summed E-state index contributed by atoms with van der Waals surface area (Å²) in [5.41, 5.74) is -1.04. The van der Waals surface area contributed by atoms with E-state index in [2.05, 4.69) is 0 Å². The second-order valence-electron chi connectivity index (χ2n) is 4.53. The van der Waals surface area contributed by atoms with Crippen LogP contribution >= 0.6 is 0 Å². The van der Waals surface area contributed by atoms with Gasteiger partial charge >= 0.3 is 5.97 Å². The Hall–Kier alpha value is -2.36. The maximum atomic E-state index is 14.2. The summed E-state index contributed by atoms with van der Waals surface area (Å²) in [7, 11) is 1.53. The van der Waals surface area contributed by atoms with E-state index in [0.717, 1.165) is 0 Å². The average molecular weight is 288 g/mol. The van der Waals surface area contributed by atoms with Crippen molar-refractivity contribution in [1.29, 1.82) is 0 Å². The quantitative estimate of drug-likeness (QED) is 0.798. The molecule has 0 radical (unpaired) electrons. The van der Waals surface area contributed by atoms with Crippen molar-refractivity contribution in [2.24, 2.45) is 0 Å². The maximum Gasteiger partial charge on any atom is 0.324 e. The first kappa shape index (κ1) is 15.0. The number of hydrogen-bond acceptors (Lipinski definition) is 3. The number of hydrogen-bond donors (Lipinski definition) is 0. The molecular formula is C17H17FO3. The lowest BCUT2D eigenvalue weighted by Crippen LogP contribution is -2.34. The molecule has 0 saturated heterocycles. The molecule has 1 aromatic rings. The van der Waals surface area contributed by atoms with Gasteiger partial charge in [-0.05, 0) is 25.1 Å². The molecule has 0 amide bonds. The van der Waals surface area contributed by atoms with Crippen molar-refractivity contribution in [2.45, 2.75) is 12.3 Å². The number of rotatable bonds is 4. The molecule has 1 aliphatic carbocycles. The smallest absolute Gasteiger partial charge is 0.324 e. The first-order valence-electron chi connectivity index (χ1n) is 6.69. The summed E-state index contributed by atoms with van der Waals surface area (Å²) < 4.78 is 24.5. The average Bonchev–Trinajstić information content (AvgIpc) is 2.71. The van der Waals surface area contributed by atoms with Crippen LogP contribution in [0.3, 0.4) is 0 Å². The molecule has 21 heavy (non-hydrogen) atoms. The molecular weight excluding hydrogens is 271 g/mol. The molecule has 0 heterocycles. The molecule has 2 rings (SSSR count). The molecule has 0 fully saturated rings. The van der Waals surface area contributed by atoms with Gasteiger partial charge in [-0.3, -0.25) is 4.79 Å². The third-order valence-corrected chi connectivity index (χ3v) is 3.30. The Labute approximate surface area is 123 Å². The normalized spacial score (nSPS) is 20.6. The summed E-state index contributed by atoms with van der Waals surface area (Å²) in [6.07, 6.45) is 8.23. The van der Waals surface area contributed by atoms with Gasteiger partial charge in [-0.15, -0.1) is 0 Å². The molecule has 0 bridgehead atoms. The predicted molar refractivity (Wildman–Crippen MR) is 78.1 cm³/mol. The van der Waals surface area contributed by atoms with E-state index < -0.39 is 17.2 Å². The SMILES string of the molecule is CCOC(=O)C1(c2ccccc2F)C=CC=C(OC)C=C1. The van der Waals surface area contributed by atoms with Gasteiger partial charge < -0.3 is 9.47 Å². The van der Waals surface area contributed by atoms with Gasteiger partial charge in [0.15, 0.2) is 0 Å². The number of ether oxygens (including phenoxy) is 2. The monoisotopic (exact) mass is 288 g/mol. The number of carbonyl (C=O) groups excluding carboxylic acids is 1. The Kier molecular flexibility index (Phi) is 4.58. The van der Waals surface area contributed by atoms with Crippen LogP contribution in [0.2, 0.25) is 0 Å². The van der Waals surface area contributed by atoms with Crippen molar-refractivity contribution in [1.82, 2.24) is 0 Å². The van der Waals surface area contributed by atoms with E-state index >= 15 is 0 Å². The Bertz CT molecular complexity index is 616. The summed E-state index contributed by atoms with van der Waals surface area (Å²) >= 11 is 0. The third kappa shape index (κ3) is 2.89. The fraction of sp³-hybridized carbons (Fsp3) is 0.235. The molecule has 0 aliphatic heterocycles. The van der Waals surface area contributed by atoms with Crippen LogP contribution in [0.1, 0.15) is 12.5 Å². The van der Waals surface area contributed by atoms with Gasteiger partial charge in [-0.2, -0.15) is 0 Å². The first-order valence-corrected chi connectivity index (χ1v) is 6.69. The minimum atomic E-state index is -1.29. The van der Waals surface area contributed by atoms with Gasteiger partial charge in [-0.1, -0.05) is 36.4 Å². The van der Waals surface area contributed by atoms with Gasteiger partial charge in [0, 0.05) is 5.56 Å². The van der Waals surface area contributed by atoms with Crippen LogP contribution in [0.25, 0.3) is 0 Å². The Balaban J connectivity index is 2.57. The fourth-order valence-corrected chi connectivity index (χ4v) is 2.23. The highest BCUT2D eigenvalue weighted by molar-refractivity contribution is 5.89. The number of carbonyl (C=O) groups is 1. The highest BCUT2D eigenvalue weighted by Crippen LogP contribution is 2.33. The molecule has 1 unspecified atom stereocenters. The largest absolute Gasteiger partial charge is 0.497 e. The fourth-order valence-electron chi connectivity index (χ4n) is 2.23. The zero-order valence-corrected chi connectivity index (χ0v) is 12.0. The molecule has 1 atom stereocenters. The lowest BCUT2D eigenvalue weighted by Gasteiger charge is -2.25. The van der Waals surface area contributed by atoms with Gasteiger partial charge in [-0.25, -0.2) is 4.39 Å². The van der Waals surface area contributed by atoms with Gasteiger partial charge in [0.05, 0.1) is 13.7 Å². The summed E-state index contributed by atoms with van der Waals surface area (Å²) in [4.78, 5) is 12.5. The second kappa shape index (κ2) is 6.39. The molecule has 110 valence electrons. The lowest BCUT2D eigenvalue weighted by atomic mass is 9.79. The first-order chi connectivity index (χ1) is 10.1. The number of halogens is 1. The Morgan fingerprint density at radius 2 is 2.05 bits per heavy atom. The molecule has 0 N–H and O–H groups in total.